The molecule has 1 aliphatic carbocycles. The molecular weight excluding hydrogens is 302 g/mol. The van der Waals surface area contributed by atoms with E-state index in [0.717, 1.165) is 24.8 Å². The van der Waals surface area contributed by atoms with Crippen LogP contribution in [0, 0.1) is 11.8 Å². The Morgan fingerprint density at radius 1 is 1.32 bits per heavy atom. The Balaban J connectivity index is 1.92. The van der Waals surface area contributed by atoms with E-state index in [9.17, 15) is 0 Å². The van der Waals surface area contributed by atoms with Gasteiger partial charge in [0.1, 0.15) is 0 Å². The monoisotopic (exact) mass is 327 g/mol. The highest BCUT2D eigenvalue weighted by Crippen LogP contribution is 2.38. The average molecular weight is 328 g/mol. The molecule has 1 heterocycles. The lowest BCUT2D eigenvalue weighted by atomic mass is 9.71. The van der Waals surface area contributed by atoms with Crippen LogP contribution in [0.25, 0.3) is 0 Å². The highest BCUT2D eigenvalue weighted by Gasteiger charge is 2.32. The van der Waals surface area contributed by atoms with Gasteiger partial charge in [0.05, 0.1) is 15.9 Å². The highest BCUT2D eigenvalue weighted by atomic mass is 79.9. The summed E-state index contributed by atoms with van der Waals surface area (Å²) in [5.74, 6) is 1.69. The van der Waals surface area contributed by atoms with Gasteiger partial charge in [-0.1, -0.05) is 13.8 Å². The first-order chi connectivity index (χ1) is 9.17. The van der Waals surface area contributed by atoms with Gasteiger partial charge in [-0.05, 0) is 73.0 Å². The largest absolute Gasteiger partial charge is 0.316 e. The minimum absolute atomic E-state index is 0.834. The SMILES string of the molecule is CCCNCC1CCC1Cc1c(Br)c(CC)nn1C. The second kappa shape index (κ2) is 6.89. The van der Waals surface area contributed by atoms with Crippen LogP contribution in [-0.4, -0.2) is 22.9 Å². The van der Waals surface area contributed by atoms with Crippen molar-refractivity contribution in [3.05, 3.63) is 15.9 Å². The Bertz CT molecular complexity index is 414. The molecule has 0 aliphatic heterocycles. The standard InChI is InChI=1S/C15H26BrN3/c1-4-8-17-10-12-7-6-11(12)9-14-15(16)13(5-2)18-19(14)3/h11-12,17H,4-10H2,1-3H3. The molecule has 0 amide bonds. The molecule has 0 radical (unpaired) electrons. The van der Waals surface area contributed by atoms with Crippen LogP contribution in [0.1, 0.15) is 44.5 Å². The van der Waals surface area contributed by atoms with Crippen molar-refractivity contribution in [2.24, 2.45) is 18.9 Å². The van der Waals surface area contributed by atoms with Crippen LogP contribution in [0.5, 0.6) is 0 Å². The molecule has 1 saturated carbocycles. The average Bonchev–Trinajstić information content (AvgIpc) is 2.65. The van der Waals surface area contributed by atoms with Crippen molar-refractivity contribution in [3.63, 3.8) is 0 Å². The summed E-state index contributed by atoms with van der Waals surface area (Å²) in [4.78, 5) is 0. The summed E-state index contributed by atoms with van der Waals surface area (Å²) >= 11 is 3.73. The summed E-state index contributed by atoms with van der Waals surface area (Å²) in [6.07, 6.45) is 6.16. The fourth-order valence-electron chi connectivity index (χ4n) is 2.93. The number of aromatic nitrogens is 2. The van der Waals surface area contributed by atoms with Crippen molar-refractivity contribution in [1.82, 2.24) is 15.1 Å². The van der Waals surface area contributed by atoms with Crippen molar-refractivity contribution in [2.75, 3.05) is 13.1 Å². The third kappa shape index (κ3) is 3.40. The predicted octanol–water partition coefficient (Wildman–Crippen LogP) is 3.31. The normalized spacial score (nSPS) is 22.5. The molecule has 4 heteroatoms. The predicted molar refractivity (Wildman–Crippen MR) is 83.4 cm³/mol. The van der Waals surface area contributed by atoms with Crippen LogP contribution in [-0.2, 0) is 19.9 Å². The van der Waals surface area contributed by atoms with Crippen molar-refractivity contribution >= 4 is 15.9 Å². The van der Waals surface area contributed by atoms with Crippen LogP contribution in [0.2, 0.25) is 0 Å². The van der Waals surface area contributed by atoms with E-state index in [4.69, 9.17) is 0 Å². The van der Waals surface area contributed by atoms with Gasteiger partial charge in [0, 0.05) is 7.05 Å². The Morgan fingerprint density at radius 3 is 2.58 bits per heavy atom. The zero-order chi connectivity index (χ0) is 13.8. The third-order valence-corrected chi connectivity index (χ3v) is 5.28. The van der Waals surface area contributed by atoms with E-state index < -0.39 is 0 Å². The number of nitrogens with one attached hydrogen (secondary N) is 1. The maximum atomic E-state index is 4.59. The zero-order valence-electron chi connectivity index (χ0n) is 12.4. The molecule has 108 valence electrons. The summed E-state index contributed by atoms with van der Waals surface area (Å²) in [6, 6.07) is 0. The quantitative estimate of drug-likeness (QED) is 0.778. The lowest BCUT2D eigenvalue weighted by Gasteiger charge is -2.37. The van der Waals surface area contributed by atoms with Gasteiger partial charge in [-0.3, -0.25) is 4.68 Å². The first-order valence-electron chi connectivity index (χ1n) is 7.58. The van der Waals surface area contributed by atoms with Crippen LogP contribution in [0.3, 0.4) is 0 Å². The highest BCUT2D eigenvalue weighted by molar-refractivity contribution is 9.10. The molecule has 2 rings (SSSR count). The lowest BCUT2D eigenvalue weighted by molar-refractivity contribution is 0.168. The van der Waals surface area contributed by atoms with Crippen molar-refractivity contribution in [3.8, 4) is 0 Å². The maximum absolute atomic E-state index is 4.59. The molecule has 19 heavy (non-hydrogen) atoms. The van der Waals surface area contributed by atoms with E-state index in [0.29, 0.717) is 0 Å². The van der Waals surface area contributed by atoms with Gasteiger partial charge in [0.25, 0.3) is 0 Å². The Kier molecular flexibility index (Phi) is 5.46. The second-order valence-electron chi connectivity index (χ2n) is 5.69. The van der Waals surface area contributed by atoms with E-state index in [1.807, 2.05) is 0 Å². The van der Waals surface area contributed by atoms with Gasteiger partial charge in [-0.2, -0.15) is 5.10 Å². The smallest absolute Gasteiger partial charge is 0.0766 e. The fourth-order valence-corrected chi connectivity index (χ4v) is 3.71. The number of halogens is 1. The van der Waals surface area contributed by atoms with Crippen molar-refractivity contribution in [1.29, 1.82) is 0 Å². The summed E-state index contributed by atoms with van der Waals surface area (Å²) in [6.45, 7) is 6.73. The van der Waals surface area contributed by atoms with Gasteiger partial charge >= 0.3 is 0 Å². The van der Waals surface area contributed by atoms with Gasteiger partial charge in [0.15, 0.2) is 0 Å². The molecule has 0 bridgehead atoms. The minimum atomic E-state index is 0.834. The Hall–Kier alpha value is -0.350. The van der Waals surface area contributed by atoms with Crippen LogP contribution < -0.4 is 5.32 Å². The molecule has 3 nitrogen and oxygen atoms in total. The molecule has 1 aromatic heterocycles. The lowest BCUT2D eigenvalue weighted by Crippen LogP contribution is -2.37. The van der Waals surface area contributed by atoms with E-state index in [1.165, 1.54) is 48.1 Å². The Labute approximate surface area is 125 Å². The van der Waals surface area contributed by atoms with Crippen molar-refractivity contribution in [2.45, 2.75) is 46.0 Å². The van der Waals surface area contributed by atoms with Crippen LogP contribution in [0.4, 0.5) is 0 Å². The molecule has 0 spiro atoms. The van der Waals surface area contributed by atoms with E-state index >= 15 is 0 Å². The van der Waals surface area contributed by atoms with Gasteiger partial charge in [0.2, 0.25) is 0 Å². The molecule has 1 N–H and O–H groups in total. The van der Waals surface area contributed by atoms with E-state index in [2.05, 4.69) is 51.9 Å². The van der Waals surface area contributed by atoms with Gasteiger partial charge in [-0.25, -0.2) is 0 Å². The second-order valence-corrected chi connectivity index (χ2v) is 6.48. The molecule has 1 aromatic rings. The van der Waals surface area contributed by atoms with Crippen LogP contribution >= 0.6 is 15.9 Å². The molecular formula is C15H26BrN3. The molecule has 0 aromatic carbocycles. The summed E-state index contributed by atoms with van der Waals surface area (Å²) < 4.78 is 3.31. The number of rotatable bonds is 7. The number of hydrogen-bond donors (Lipinski definition) is 1. The number of aryl methyl sites for hydroxylation is 2. The third-order valence-electron chi connectivity index (χ3n) is 4.37. The van der Waals surface area contributed by atoms with Gasteiger partial charge in [-0.15, -0.1) is 0 Å². The molecule has 1 aliphatic rings. The molecule has 2 unspecified atom stereocenters. The summed E-state index contributed by atoms with van der Waals surface area (Å²) in [5.41, 5.74) is 2.57. The summed E-state index contributed by atoms with van der Waals surface area (Å²) in [7, 11) is 2.07. The summed E-state index contributed by atoms with van der Waals surface area (Å²) in [5, 5.41) is 8.16. The van der Waals surface area contributed by atoms with Crippen molar-refractivity contribution < 1.29 is 0 Å². The zero-order valence-corrected chi connectivity index (χ0v) is 14.0. The number of nitrogens with zero attached hydrogens (tertiary/aromatic N) is 2. The van der Waals surface area contributed by atoms with E-state index in [1.54, 1.807) is 0 Å². The van der Waals surface area contributed by atoms with Gasteiger partial charge < -0.3 is 5.32 Å². The molecule has 0 saturated heterocycles. The Morgan fingerprint density at radius 2 is 2.05 bits per heavy atom. The first-order valence-corrected chi connectivity index (χ1v) is 8.37. The fraction of sp³-hybridized carbons (Fsp3) is 0.800. The topological polar surface area (TPSA) is 29.9 Å². The molecule has 1 fully saturated rings. The van der Waals surface area contributed by atoms with Crippen LogP contribution in [0.15, 0.2) is 4.47 Å². The number of hydrogen-bond acceptors (Lipinski definition) is 2. The maximum Gasteiger partial charge on any atom is 0.0766 e. The molecule has 2 atom stereocenters. The minimum Gasteiger partial charge on any atom is -0.316 e. The van der Waals surface area contributed by atoms with E-state index in [-0.39, 0.29) is 0 Å². The first kappa shape index (κ1) is 15.0.